The highest BCUT2D eigenvalue weighted by molar-refractivity contribution is 7.85. The number of likely N-dealkylation sites (N-methyl/N-ethyl adjacent to an activating group) is 1. The molecule has 0 saturated carbocycles. The molecule has 0 unspecified atom stereocenters. The van der Waals surface area contributed by atoms with Gasteiger partial charge in [0.05, 0.1) is 43.8 Å². The van der Waals surface area contributed by atoms with Crippen molar-refractivity contribution in [2.45, 2.75) is 33.6 Å². The molecule has 1 amide bonds. The van der Waals surface area contributed by atoms with Gasteiger partial charge >= 0.3 is 0 Å². The second-order valence-corrected chi connectivity index (χ2v) is 8.61. The third-order valence-corrected chi connectivity index (χ3v) is 3.68. The zero-order valence-electron chi connectivity index (χ0n) is 13.2. The lowest BCUT2D eigenvalue weighted by molar-refractivity contribution is -0.889. The van der Waals surface area contributed by atoms with Gasteiger partial charge in [0.1, 0.15) is 0 Å². The fraction of sp³-hybridized carbons (Fsp3) is 0.923. The highest BCUT2D eigenvalue weighted by Gasteiger charge is 2.18. The van der Waals surface area contributed by atoms with Gasteiger partial charge in [0.2, 0.25) is 5.91 Å². The molecule has 0 saturated heterocycles. The van der Waals surface area contributed by atoms with E-state index in [-0.39, 0.29) is 17.1 Å². The van der Waals surface area contributed by atoms with Crippen LogP contribution in [0.1, 0.15) is 33.6 Å². The maximum atomic E-state index is 11.7. The molecule has 0 rings (SSSR count). The first-order chi connectivity index (χ1) is 8.81. The topological polar surface area (TPSA) is 86.3 Å². The van der Waals surface area contributed by atoms with Gasteiger partial charge < -0.3 is 14.4 Å². The third-order valence-electron chi connectivity index (χ3n) is 2.89. The monoisotopic (exact) mass is 308 g/mol. The molecule has 7 heteroatoms. The Morgan fingerprint density at radius 1 is 1.20 bits per heavy atom. The van der Waals surface area contributed by atoms with Gasteiger partial charge in [-0.05, 0) is 5.41 Å². The summed E-state index contributed by atoms with van der Waals surface area (Å²) >= 11 is 0. The maximum absolute atomic E-state index is 11.7. The van der Waals surface area contributed by atoms with E-state index in [9.17, 15) is 17.8 Å². The summed E-state index contributed by atoms with van der Waals surface area (Å²) < 4.78 is 32.2. The number of hydrogen-bond donors (Lipinski definition) is 1. The highest BCUT2D eigenvalue weighted by Crippen LogP contribution is 2.17. The van der Waals surface area contributed by atoms with Crippen molar-refractivity contribution in [3.63, 3.8) is 0 Å². The van der Waals surface area contributed by atoms with Gasteiger partial charge in [0.15, 0.2) is 0 Å². The average molecular weight is 308 g/mol. The molecule has 0 aromatic heterocycles. The normalized spacial score (nSPS) is 13.3. The molecule has 20 heavy (non-hydrogen) atoms. The molecule has 0 aliphatic carbocycles. The number of nitrogens with zero attached hydrogens (tertiary/aromatic N) is 1. The lowest BCUT2D eigenvalue weighted by atomic mass is 9.92. The van der Waals surface area contributed by atoms with Crippen LogP contribution >= 0.6 is 0 Å². The lowest BCUT2D eigenvalue weighted by Crippen LogP contribution is -2.46. The molecule has 0 aliphatic rings. The lowest BCUT2D eigenvalue weighted by Gasteiger charge is -2.30. The van der Waals surface area contributed by atoms with Crippen LogP contribution in [0.3, 0.4) is 0 Å². The first kappa shape index (κ1) is 19.3. The molecule has 0 heterocycles. The summed E-state index contributed by atoms with van der Waals surface area (Å²) in [6.07, 6.45) is 0.823. The Labute approximate surface area is 122 Å². The second kappa shape index (κ2) is 7.38. The van der Waals surface area contributed by atoms with Gasteiger partial charge in [-0.3, -0.25) is 4.79 Å². The van der Waals surface area contributed by atoms with Crippen LogP contribution < -0.4 is 5.32 Å². The van der Waals surface area contributed by atoms with E-state index in [0.717, 1.165) is 0 Å². The van der Waals surface area contributed by atoms with Crippen molar-refractivity contribution in [1.29, 1.82) is 0 Å². The fourth-order valence-electron chi connectivity index (χ4n) is 1.82. The van der Waals surface area contributed by atoms with Crippen molar-refractivity contribution in [2.24, 2.45) is 5.41 Å². The number of hydrogen-bond acceptors (Lipinski definition) is 4. The molecule has 0 fully saturated rings. The smallest absolute Gasteiger partial charge is 0.220 e. The Morgan fingerprint density at radius 2 is 1.75 bits per heavy atom. The van der Waals surface area contributed by atoms with Gasteiger partial charge in [-0.15, -0.1) is 0 Å². The SMILES string of the molecule is CC(C)(C)CC(=O)NCC[N+](C)(C)CCCS(=O)(=O)[O-]. The van der Waals surface area contributed by atoms with Crippen molar-refractivity contribution < 1.29 is 22.2 Å². The van der Waals surface area contributed by atoms with Crippen LogP contribution in [0.5, 0.6) is 0 Å². The number of amides is 1. The quantitative estimate of drug-likeness (QED) is 0.524. The Balaban J connectivity index is 3.96. The van der Waals surface area contributed by atoms with E-state index < -0.39 is 10.1 Å². The summed E-state index contributed by atoms with van der Waals surface area (Å²) in [7, 11) is -0.227. The molecule has 0 aromatic rings. The number of carbonyl (C=O) groups excluding carboxylic acids is 1. The van der Waals surface area contributed by atoms with Crippen LogP contribution in [-0.2, 0) is 14.9 Å². The zero-order chi connectivity index (χ0) is 16.0. The molecule has 0 aromatic carbocycles. The Morgan fingerprint density at radius 3 is 2.20 bits per heavy atom. The standard InChI is InChI=1S/C13H28N2O4S/c1-13(2,3)11-12(16)14-7-9-15(4,5)8-6-10-20(17,18)19/h6-11H2,1-5H3,(H-,14,16,17,18,19). The van der Waals surface area contributed by atoms with E-state index >= 15 is 0 Å². The fourth-order valence-corrected chi connectivity index (χ4v) is 2.31. The summed E-state index contributed by atoms with van der Waals surface area (Å²) in [5.41, 5.74) is -0.0308. The van der Waals surface area contributed by atoms with Gasteiger partial charge in [-0.1, -0.05) is 20.8 Å². The Hall–Kier alpha value is -0.660. The molecule has 0 atom stereocenters. The highest BCUT2D eigenvalue weighted by atomic mass is 32.2. The third kappa shape index (κ3) is 12.4. The summed E-state index contributed by atoms with van der Waals surface area (Å²) in [5.74, 6) is -0.301. The molecule has 0 bridgehead atoms. The second-order valence-electron chi connectivity index (χ2n) is 7.09. The molecular weight excluding hydrogens is 280 g/mol. The molecule has 1 N–H and O–H groups in total. The number of nitrogens with one attached hydrogen (secondary N) is 1. The summed E-state index contributed by atoms with van der Waals surface area (Å²) in [5, 5.41) is 2.87. The largest absolute Gasteiger partial charge is 0.748 e. The number of quaternary nitrogens is 1. The predicted octanol–water partition coefficient (Wildman–Crippen LogP) is 0.551. The molecule has 6 nitrogen and oxygen atoms in total. The zero-order valence-corrected chi connectivity index (χ0v) is 14.0. The van der Waals surface area contributed by atoms with E-state index in [4.69, 9.17) is 0 Å². The minimum absolute atomic E-state index is 0.0274. The van der Waals surface area contributed by atoms with Crippen LogP contribution in [-0.4, -0.2) is 62.8 Å². The van der Waals surface area contributed by atoms with E-state index in [0.29, 0.717) is 37.0 Å². The molecule has 0 radical (unpaired) electrons. The van der Waals surface area contributed by atoms with Gasteiger partial charge in [-0.2, -0.15) is 0 Å². The van der Waals surface area contributed by atoms with Crippen molar-refractivity contribution in [2.75, 3.05) is 39.5 Å². The Kier molecular flexibility index (Phi) is 7.13. The summed E-state index contributed by atoms with van der Waals surface area (Å²) in [6, 6.07) is 0. The van der Waals surface area contributed by atoms with E-state index in [2.05, 4.69) is 5.32 Å². The average Bonchev–Trinajstić information content (AvgIpc) is 2.10. The van der Waals surface area contributed by atoms with Crippen LogP contribution in [0.25, 0.3) is 0 Å². The maximum Gasteiger partial charge on any atom is 0.220 e. The minimum atomic E-state index is -4.13. The van der Waals surface area contributed by atoms with Crippen LogP contribution in [0.4, 0.5) is 0 Å². The van der Waals surface area contributed by atoms with Crippen LogP contribution in [0, 0.1) is 5.41 Å². The van der Waals surface area contributed by atoms with Crippen molar-refractivity contribution in [3.05, 3.63) is 0 Å². The summed E-state index contributed by atoms with van der Waals surface area (Å²) in [4.78, 5) is 11.7. The van der Waals surface area contributed by atoms with E-state index in [1.165, 1.54) is 0 Å². The molecule has 0 aliphatic heterocycles. The van der Waals surface area contributed by atoms with E-state index in [1.54, 1.807) is 0 Å². The molecule has 120 valence electrons. The van der Waals surface area contributed by atoms with E-state index in [1.807, 2.05) is 34.9 Å². The van der Waals surface area contributed by atoms with Crippen LogP contribution in [0.15, 0.2) is 0 Å². The first-order valence-corrected chi connectivity index (χ1v) is 8.41. The Bertz CT molecular complexity index is 411. The van der Waals surface area contributed by atoms with Gasteiger partial charge in [0.25, 0.3) is 0 Å². The minimum Gasteiger partial charge on any atom is -0.748 e. The molecular formula is C13H28N2O4S. The first-order valence-electron chi connectivity index (χ1n) is 6.83. The number of carbonyl (C=O) groups is 1. The predicted molar refractivity (Wildman–Crippen MR) is 78.1 cm³/mol. The number of rotatable bonds is 8. The molecule has 0 spiro atoms. The summed E-state index contributed by atoms with van der Waals surface area (Å²) in [6.45, 7) is 7.87. The van der Waals surface area contributed by atoms with Crippen molar-refractivity contribution in [3.8, 4) is 0 Å². The van der Waals surface area contributed by atoms with Crippen LogP contribution in [0.2, 0.25) is 0 Å². The van der Waals surface area contributed by atoms with Crippen molar-refractivity contribution in [1.82, 2.24) is 5.32 Å². The van der Waals surface area contributed by atoms with Crippen molar-refractivity contribution >= 4 is 16.0 Å². The van der Waals surface area contributed by atoms with Gasteiger partial charge in [-0.25, -0.2) is 8.42 Å². The van der Waals surface area contributed by atoms with Gasteiger partial charge in [0, 0.05) is 18.6 Å².